The lowest BCUT2D eigenvalue weighted by Gasteiger charge is -2.31. The minimum Gasteiger partial charge on any atom is -0.508 e. The average molecular weight is 1070 g/mol. The number of para-hydroxylation sites is 1. The van der Waals surface area contributed by atoms with E-state index in [1.165, 1.54) is 35.7 Å². The summed E-state index contributed by atoms with van der Waals surface area (Å²) in [7, 11) is 0. The van der Waals surface area contributed by atoms with Gasteiger partial charge < -0.3 is 57.9 Å². The lowest BCUT2D eigenvalue weighted by molar-refractivity contribution is -0.142. The highest BCUT2D eigenvalue weighted by Gasteiger charge is 2.40. The third-order valence-electron chi connectivity index (χ3n) is 13.3. The van der Waals surface area contributed by atoms with Crippen LogP contribution in [0.2, 0.25) is 0 Å². The molecule has 0 saturated carbocycles. The summed E-state index contributed by atoms with van der Waals surface area (Å²) in [5, 5.41) is 29.9. The first-order valence-electron chi connectivity index (χ1n) is 26.0. The second-order valence-corrected chi connectivity index (χ2v) is 20.8. The summed E-state index contributed by atoms with van der Waals surface area (Å²) in [4.78, 5) is 115. The van der Waals surface area contributed by atoms with Crippen LogP contribution in [0.25, 0.3) is 10.9 Å². The predicted molar refractivity (Wildman–Crippen MR) is 296 cm³/mol. The minimum absolute atomic E-state index is 0.0343. The molecule has 11 N–H and O–H groups in total. The van der Waals surface area contributed by atoms with Crippen molar-refractivity contribution in [2.24, 2.45) is 11.7 Å². The molecule has 1 aliphatic rings. The van der Waals surface area contributed by atoms with E-state index in [1.807, 2.05) is 80.9 Å². The number of nitrogens with two attached hydrogens (primary N) is 1. The highest BCUT2D eigenvalue weighted by atomic mass is 32.2. The van der Waals surface area contributed by atoms with Gasteiger partial charge in [-0.25, -0.2) is 0 Å². The summed E-state index contributed by atoms with van der Waals surface area (Å²) in [6, 6.07) is 24.8. The van der Waals surface area contributed by atoms with Crippen molar-refractivity contribution in [3.05, 3.63) is 138 Å². The van der Waals surface area contributed by atoms with Crippen LogP contribution in [0.5, 0.6) is 5.75 Å². The smallest absolute Gasteiger partial charge is 0.245 e. The molecular formula is C57H72N10O9S. The predicted octanol–water partition coefficient (Wildman–Crippen LogP) is 2.90. The Labute approximate surface area is 453 Å². The van der Waals surface area contributed by atoms with Gasteiger partial charge in [0.1, 0.15) is 42.0 Å². The molecule has 0 radical (unpaired) electrons. The molecule has 77 heavy (non-hydrogen) atoms. The van der Waals surface area contributed by atoms with Crippen molar-refractivity contribution in [3.8, 4) is 5.75 Å². The number of aromatic hydroxyl groups is 1. The SMILES string of the molecule is CSCCC(NC(=O)C(Cc1ccccc1)NC(=O)CNC(=O)C(C)NC(=O)C(N)Cc1ccc(O)cc1)C(=O)N1CCCC1C(=O)NC(CC(C)C)C(=O)NC(Cc1c[nH]c2ccccc12)C(=O)NCc1ccccc1. The van der Waals surface area contributed by atoms with Crippen LogP contribution in [0.4, 0.5) is 0 Å². The molecule has 0 bridgehead atoms. The molecule has 1 aromatic heterocycles. The molecule has 2 heterocycles. The van der Waals surface area contributed by atoms with Crippen molar-refractivity contribution in [2.75, 3.05) is 25.1 Å². The summed E-state index contributed by atoms with van der Waals surface area (Å²) in [5.41, 5.74) is 10.1. The zero-order valence-electron chi connectivity index (χ0n) is 44.0. The molecule has 19 nitrogen and oxygen atoms in total. The Balaban J connectivity index is 1.10. The van der Waals surface area contributed by atoms with Crippen LogP contribution in [0.3, 0.4) is 0 Å². The van der Waals surface area contributed by atoms with Crippen LogP contribution in [0.15, 0.2) is 115 Å². The second kappa shape index (κ2) is 29.0. The zero-order chi connectivity index (χ0) is 55.4. The quantitative estimate of drug-likeness (QED) is 0.0365. The molecule has 7 atom stereocenters. The number of hydrogen-bond acceptors (Lipinski definition) is 11. The fourth-order valence-corrected chi connectivity index (χ4v) is 9.61. The van der Waals surface area contributed by atoms with Crippen LogP contribution in [-0.4, -0.2) is 130 Å². The van der Waals surface area contributed by atoms with Gasteiger partial charge in [-0.3, -0.25) is 38.4 Å². The number of benzene rings is 4. The Morgan fingerprint density at radius 3 is 1.97 bits per heavy atom. The molecule has 0 spiro atoms. The maximum atomic E-state index is 14.6. The average Bonchev–Trinajstić information content (AvgIpc) is 4.09. The molecule has 5 aromatic rings. The highest BCUT2D eigenvalue weighted by molar-refractivity contribution is 7.98. The van der Waals surface area contributed by atoms with Gasteiger partial charge in [-0.1, -0.05) is 105 Å². The summed E-state index contributed by atoms with van der Waals surface area (Å²) in [5.74, 6) is -4.17. The van der Waals surface area contributed by atoms with E-state index in [-0.39, 0.29) is 56.9 Å². The first-order valence-corrected chi connectivity index (χ1v) is 27.4. The number of phenols is 1. The number of rotatable bonds is 27. The van der Waals surface area contributed by atoms with Gasteiger partial charge in [0, 0.05) is 43.0 Å². The minimum atomic E-state index is -1.20. The lowest BCUT2D eigenvalue weighted by Crippen LogP contribution is -2.59. The Hall–Kier alpha value is -7.71. The number of aromatic amines is 1. The Morgan fingerprint density at radius 2 is 1.29 bits per heavy atom. The molecule has 6 rings (SSSR count). The van der Waals surface area contributed by atoms with Crippen molar-refractivity contribution in [2.45, 2.75) is 115 Å². The van der Waals surface area contributed by atoms with Crippen molar-refractivity contribution in [1.82, 2.24) is 47.1 Å². The molecule has 1 aliphatic heterocycles. The first-order chi connectivity index (χ1) is 37.0. The Morgan fingerprint density at radius 1 is 0.662 bits per heavy atom. The van der Waals surface area contributed by atoms with Gasteiger partial charge in [0.15, 0.2) is 0 Å². The molecule has 4 aromatic carbocycles. The number of aromatic nitrogens is 1. The number of nitrogens with zero attached hydrogens (tertiary/aromatic N) is 1. The van der Waals surface area contributed by atoms with Crippen molar-refractivity contribution in [3.63, 3.8) is 0 Å². The van der Waals surface area contributed by atoms with E-state index in [0.29, 0.717) is 29.7 Å². The largest absolute Gasteiger partial charge is 0.508 e. The van der Waals surface area contributed by atoms with Crippen LogP contribution in [0.1, 0.15) is 68.7 Å². The normalized spacial score (nSPS) is 15.5. The number of amides is 8. The summed E-state index contributed by atoms with van der Waals surface area (Å²) in [6.45, 7) is 5.18. The fraction of sp³-hybridized carbons (Fsp3) is 0.404. The van der Waals surface area contributed by atoms with Crippen molar-refractivity contribution < 1.29 is 43.5 Å². The summed E-state index contributed by atoms with van der Waals surface area (Å²) >= 11 is 1.46. The molecule has 1 saturated heterocycles. The van der Waals surface area contributed by atoms with Gasteiger partial charge in [-0.2, -0.15) is 11.8 Å². The van der Waals surface area contributed by atoms with Gasteiger partial charge in [-0.15, -0.1) is 0 Å². The number of H-pyrrole nitrogens is 1. The maximum Gasteiger partial charge on any atom is 0.245 e. The van der Waals surface area contributed by atoms with E-state index in [0.717, 1.165) is 22.0 Å². The number of phenolic OH excluding ortho intramolecular Hbond substituents is 1. The molecular weight excluding hydrogens is 1000 g/mol. The summed E-state index contributed by atoms with van der Waals surface area (Å²) < 4.78 is 0. The third-order valence-corrected chi connectivity index (χ3v) is 13.9. The van der Waals surface area contributed by atoms with Gasteiger partial charge >= 0.3 is 0 Å². The van der Waals surface area contributed by atoms with Gasteiger partial charge in [0.2, 0.25) is 47.3 Å². The van der Waals surface area contributed by atoms with Crippen LogP contribution in [-0.2, 0) is 64.2 Å². The number of carbonyl (C=O) groups excluding carboxylic acids is 8. The Bertz CT molecular complexity index is 2800. The molecule has 410 valence electrons. The van der Waals surface area contributed by atoms with Crippen LogP contribution in [0, 0.1) is 5.92 Å². The van der Waals surface area contributed by atoms with E-state index < -0.39 is 96.1 Å². The zero-order valence-corrected chi connectivity index (χ0v) is 44.8. The lowest BCUT2D eigenvalue weighted by atomic mass is 10.00. The van der Waals surface area contributed by atoms with E-state index in [4.69, 9.17) is 5.73 Å². The van der Waals surface area contributed by atoms with E-state index in [1.54, 1.807) is 42.5 Å². The van der Waals surface area contributed by atoms with Crippen LogP contribution < -0.4 is 43.0 Å². The fourth-order valence-electron chi connectivity index (χ4n) is 9.14. The number of carbonyl (C=O) groups is 8. The number of hydrogen-bond donors (Lipinski definition) is 10. The first kappa shape index (κ1) is 58.5. The number of fused-ring (bicyclic) bond motifs is 1. The Kier molecular flexibility index (Phi) is 22.0. The van der Waals surface area contributed by atoms with Gasteiger partial charge in [0.25, 0.3) is 0 Å². The monoisotopic (exact) mass is 1070 g/mol. The third kappa shape index (κ3) is 17.7. The van der Waals surface area contributed by atoms with Gasteiger partial charge in [0.05, 0.1) is 12.6 Å². The molecule has 20 heteroatoms. The topological polar surface area (TPSA) is 286 Å². The van der Waals surface area contributed by atoms with E-state index >= 15 is 0 Å². The standard InChI is InChI=1S/C57H72N10O9S/c1-35(2)28-46(54(73)65-48(53(72)60-32-39-16-9-6-10-17-39)31-40-33-59-44-19-12-11-18-42(40)44)66-56(75)49-20-13-26-67(49)57(76)45(25-27-77-4)64-55(74)47(30-37-14-7-5-8-15-37)63-50(69)34-61-51(70)36(3)62-52(71)43(58)29-38-21-23-41(68)24-22-38/h5-12,14-19,21-24,33,35-36,43,45-49,59,68H,13,20,25-32,34,58H2,1-4H3,(H,60,72)(H,61,70)(H,62,71)(H,63,69)(H,64,74)(H,65,73)(H,66,75). The summed E-state index contributed by atoms with van der Waals surface area (Å²) in [6.07, 6.45) is 5.25. The van der Waals surface area contributed by atoms with E-state index in [2.05, 4.69) is 42.2 Å². The number of likely N-dealkylation sites (tertiary alicyclic amines) is 1. The number of thioether (sulfide) groups is 1. The highest BCUT2D eigenvalue weighted by Crippen LogP contribution is 2.23. The number of nitrogens with one attached hydrogen (secondary N) is 8. The van der Waals surface area contributed by atoms with E-state index in [9.17, 15) is 43.5 Å². The molecule has 7 unspecified atom stereocenters. The molecule has 8 amide bonds. The molecule has 1 fully saturated rings. The maximum absolute atomic E-state index is 14.6. The van der Waals surface area contributed by atoms with Crippen molar-refractivity contribution >= 4 is 69.9 Å². The van der Waals surface area contributed by atoms with Crippen LogP contribution >= 0.6 is 11.8 Å². The van der Waals surface area contributed by atoms with Crippen molar-refractivity contribution in [1.29, 1.82) is 0 Å². The second-order valence-electron chi connectivity index (χ2n) is 19.8. The molecule has 0 aliphatic carbocycles. The van der Waals surface area contributed by atoms with Gasteiger partial charge in [-0.05, 0) is 97.4 Å².